The Balaban J connectivity index is 2.29. The Morgan fingerprint density at radius 3 is 2.80 bits per heavy atom. The first-order valence-corrected chi connectivity index (χ1v) is 6.52. The highest BCUT2D eigenvalue weighted by atomic mass is 32.1. The zero-order valence-corrected chi connectivity index (χ0v) is 11.7. The van der Waals surface area contributed by atoms with Crippen LogP contribution in [0.25, 0.3) is 16.7 Å². The fourth-order valence-corrected chi connectivity index (χ4v) is 2.37. The summed E-state index contributed by atoms with van der Waals surface area (Å²) in [6.45, 7) is 0. The molecule has 0 unspecified atom stereocenters. The number of benzene rings is 2. The molecule has 0 saturated carbocycles. The van der Waals surface area contributed by atoms with Gasteiger partial charge in [0.2, 0.25) is 0 Å². The summed E-state index contributed by atoms with van der Waals surface area (Å²) in [5, 5.41) is 0. The highest BCUT2D eigenvalue weighted by molar-refractivity contribution is 7.80. The van der Waals surface area contributed by atoms with Gasteiger partial charge in [0.1, 0.15) is 17.1 Å². The zero-order valence-electron chi connectivity index (χ0n) is 10.9. The molecule has 4 nitrogen and oxygen atoms in total. The summed E-state index contributed by atoms with van der Waals surface area (Å²) in [6, 6.07) is 13.5. The number of ether oxygens (including phenoxy) is 1. The van der Waals surface area contributed by atoms with Crippen molar-refractivity contribution in [1.29, 1.82) is 0 Å². The number of imidazole rings is 1. The van der Waals surface area contributed by atoms with Crippen LogP contribution in [0.2, 0.25) is 0 Å². The van der Waals surface area contributed by atoms with Crippen LogP contribution in [0.3, 0.4) is 0 Å². The van der Waals surface area contributed by atoms with Crippen molar-refractivity contribution >= 4 is 28.2 Å². The molecule has 20 heavy (non-hydrogen) atoms. The van der Waals surface area contributed by atoms with Gasteiger partial charge in [-0.15, -0.1) is 0 Å². The molecule has 0 aliphatic heterocycles. The van der Waals surface area contributed by atoms with Crippen molar-refractivity contribution in [2.24, 2.45) is 5.73 Å². The van der Waals surface area contributed by atoms with Gasteiger partial charge in [-0.25, -0.2) is 4.98 Å². The minimum absolute atomic E-state index is 0.348. The van der Waals surface area contributed by atoms with E-state index in [1.165, 1.54) is 0 Å². The van der Waals surface area contributed by atoms with Gasteiger partial charge in [-0.1, -0.05) is 24.4 Å². The average Bonchev–Trinajstić information content (AvgIpc) is 2.90. The van der Waals surface area contributed by atoms with Gasteiger partial charge in [0.25, 0.3) is 0 Å². The minimum atomic E-state index is 0.348. The fourth-order valence-electron chi connectivity index (χ4n) is 2.20. The Labute approximate surface area is 121 Å². The number of fused-ring (bicyclic) bond motifs is 1. The van der Waals surface area contributed by atoms with Crippen molar-refractivity contribution in [3.05, 3.63) is 54.4 Å². The average molecular weight is 283 g/mol. The molecule has 0 bridgehead atoms. The quantitative estimate of drug-likeness (QED) is 0.751. The summed E-state index contributed by atoms with van der Waals surface area (Å²) in [6.07, 6.45) is 1.77. The molecule has 2 aromatic carbocycles. The molecule has 0 spiro atoms. The maximum Gasteiger partial charge on any atom is 0.120 e. The molecule has 0 aliphatic carbocycles. The van der Waals surface area contributed by atoms with Crippen molar-refractivity contribution in [3.8, 4) is 11.4 Å². The van der Waals surface area contributed by atoms with Crippen LogP contribution >= 0.6 is 12.2 Å². The highest BCUT2D eigenvalue weighted by Crippen LogP contribution is 2.25. The van der Waals surface area contributed by atoms with Gasteiger partial charge in [0.15, 0.2) is 0 Å². The van der Waals surface area contributed by atoms with E-state index in [-0.39, 0.29) is 0 Å². The van der Waals surface area contributed by atoms with Crippen LogP contribution in [0.1, 0.15) is 5.56 Å². The minimum Gasteiger partial charge on any atom is -0.497 e. The van der Waals surface area contributed by atoms with Gasteiger partial charge >= 0.3 is 0 Å². The molecule has 1 heterocycles. The summed E-state index contributed by atoms with van der Waals surface area (Å²) in [5.74, 6) is 0.748. The molecule has 5 heteroatoms. The van der Waals surface area contributed by atoms with E-state index in [4.69, 9.17) is 22.7 Å². The van der Waals surface area contributed by atoms with Crippen LogP contribution in [0, 0.1) is 0 Å². The fraction of sp³-hybridized carbons (Fsp3) is 0.0667. The van der Waals surface area contributed by atoms with Crippen molar-refractivity contribution in [1.82, 2.24) is 9.55 Å². The normalized spacial score (nSPS) is 10.7. The van der Waals surface area contributed by atoms with Gasteiger partial charge in [-0.2, -0.15) is 0 Å². The Morgan fingerprint density at radius 1 is 1.25 bits per heavy atom. The summed E-state index contributed by atoms with van der Waals surface area (Å²) >= 11 is 5.13. The third-order valence-corrected chi connectivity index (χ3v) is 3.40. The second-order valence-corrected chi connectivity index (χ2v) is 4.79. The smallest absolute Gasteiger partial charge is 0.120 e. The van der Waals surface area contributed by atoms with Crippen LogP contribution in [0.4, 0.5) is 0 Å². The number of aromatic nitrogens is 2. The largest absolute Gasteiger partial charge is 0.497 e. The lowest BCUT2D eigenvalue weighted by Crippen LogP contribution is -2.13. The zero-order chi connectivity index (χ0) is 14.1. The van der Waals surface area contributed by atoms with Gasteiger partial charge < -0.3 is 10.5 Å². The number of nitrogens with two attached hydrogens (primary N) is 1. The van der Waals surface area contributed by atoms with Crippen molar-refractivity contribution in [3.63, 3.8) is 0 Å². The number of thiocarbonyl (C=S) groups is 1. The number of methoxy groups -OCH3 is 1. The molecule has 3 rings (SSSR count). The number of rotatable bonds is 3. The lowest BCUT2D eigenvalue weighted by molar-refractivity contribution is 0.414. The molecular weight excluding hydrogens is 270 g/mol. The van der Waals surface area contributed by atoms with Gasteiger partial charge in [0.05, 0.1) is 23.8 Å². The molecule has 3 aromatic rings. The van der Waals surface area contributed by atoms with Crippen LogP contribution < -0.4 is 10.5 Å². The van der Waals surface area contributed by atoms with E-state index in [0.29, 0.717) is 4.99 Å². The predicted molar refractivity (Wildman–Crippen MR) is 83.5 cm³/mol. The third-order valence-electron chi connectivity index (χ3n) is 3.18. The molecule has 2 N–H and O–H groups in total. The Hall–Kier alpha value is -2.40. The molecule has 0 aliphatic rings. The van der Waals surface area contributed by atoms with Crippen molar-refractivity contribution in [2.75, 3.05) is 7.11 Å². The lowest BCUT2D eigenvalue weighted by Gasteiger charge is -2.12. The first kappa shape index (κ1) is 12.6. The molecule has 0 amide bonds. The third kappa shape index (κ3) is 2.02. The monoisotopic (exact) mass is 283 g/mol. The predicted octanol–water partition coefficient (Wildman–Crippen LogP) is 2.67. The van der Waals surface area contributed by atoms with Crippen LogP contribution in [0.5, 0.6) is 5.75 Å². The number of para-hydroxylation sites is 2. The Morgan fingerprint density at radius 2 is 2.05 bits per heavy atom. The Bertz CT molecular complexity index is 795. The van der Waals surface area contributed by atoms with E-state index in [1.54, 1.807) is 13.4 Å². The maximum absolute atomic E-state index is 5.81. The van der Waals surface area contributed by atoms with E-state index < -0.39 is 0 Å². The van der Waals surface area contributed by atoms with Crippen molar-refractivity contribution in [2.45, 2.75) is 0 Å². The molecule has 0 atom stereocenters. The topological polar surface area (TPSA) is 53.1 Å². The molecule has 0 radical (unpaired) electrons. The number of nitrogens with zero attached hydrogens (tertiary/aromatic N) is 2. The summed E-state index contributed by atoms with van der Waals surface area (Å²) in [5.41, 5.74) is 9.39. The van der Waals surface area contributed by atoms with E-state index in [1.807, 2.05) is 47.0 Å². The van der Waals surface area contributed by atoms with Gasteiger partial charge in [-0.05, 0) is 24.3 Å². The van der Waals surface area contributed by atoms with Crippen molar-refractivity contribution < 1.29 is 4.74 Å². The van der Waals surface area contributed by atoms with E-state index in [2.05, 4.69) is 4.98 Å². The van der Waals surface area contributed by atoms with Gasteiger partial charge in [-0.3, -0.25) is 4.57 Å². The van der Waals surface area contributed by atoms with E-state index >= 15 is 0 Å². The van der Waals surface area contributed by atoms with E-state index in [0.717, 1.165) is 28.0 Å². The first-order chi connectivity index (χ1) is 9.70. The Kier molecular flexibility index (Phi) is 3.12. The molecule has 1 aromatic heterocycles. The number of hydrogen-bond donors (Lipinski definition) is 1. The number of hydrogen-bond acceptors (Lipinski definition) is 3. The van der Waals surface area contributed by atoms with E-state index in [9.17, 15) is 0 Å². The van der Waals surface area contributed by atoms with Crippen LogP contribution in [-0.2, 0) is 0 Å². The SMILES string of the molecule is COc1ccc(C(N)=S)c(-n2cnc3ccccc32)c1. The standard InChI is InChI=1S/C15H13N3OS/c1-19-10-6-7-11(15(16)20)14(8-10)18-9-17-12-4-2-3-5-13(12)18/h2-9H,1H3,(H2,16,20). The summed E-state index contributed by atoms with van der Waals surface area (Å²) in [7, 11) is 1.63. The summed E-state index contributed by atoms with van der Waals surface area (Å²) < 4.78 is 7.25. The van der Waals surface area contributed by atoms with Crippen LogP contribution in [0.15, 0.2) is 48.8 Å². The second kappa shape index (κ2) is 4.94. The first-order valence-electron chi connectivity index (χ1n) is 6.11. The summed E-state index contributed by atoms with van der Waals surface area (Å²) in [4.78, 5) is 4.74. The maximum atomic E-state index is 5.81. The lowest BCUT2D eigenvalue weighted by atomic mass is 10.1. The van der Waals surface area contributed by atoms with Gasteiger partial charge in [0, 0.05) is 11.6 Å². The highest BCUT2D eigenvalue weighted by Gasteiger charge is 2.11. The second-order valence-electron chi connectivity index (χ2n) is 4.35. The molecule has 0 fully saturated rings. The molecular formula is C15H13N3OS. The molecule has 100 valence electrons. The van der Waals surface area contributed by atoms with Crippen LogP contribution in [-0.4, -0.2) is 21.6 Å². The molecule has 0 saturated heterocycles.